The summed E-state index contributed by atoms with van der Waals surface area (Å²) in [6.07, 6.45) is 6.72. The SMILES string of the molecule is CC(=O)c1ccc(O)c(CN(C)CC2CCCCC2)c1. The van der Waals surface area contributed by atoms with Crippen molar-refractivity contribution in [3.63, 3.8) is 0 Å². The van der Waals surface area contributed by atoms with Gasteiger partial charge < -0.3 is 10.0 Å². The van der Waals surface area contributed by atoms with Gasteiger partial charge in [0.15, 0.2) is 5.78 Å². The summed E-state index contributed by atoms with van der Waals surface area (Å²) < 4.78 is 0. The summed E-state index contributed by atoms with van der Waals surface area (Å²) in [5.74, 6) is 1.11. The molecule has 0 aromatic heterocycles. The molecule has 0 radical (unpaired) electrons. The van der Waals surface area contributed by atoms with E-state index in [1.807, 2.05) is 6.07 Å². The van der Waals surface area contributed by atoms with E-state index < -0.39 is 0 Å². The van der Waals surface area contributed by atoms with Crippen molar-refractivity contribution in [3.8, 4) is 5.75 Å². The first-order valence-electron chi connectivity index (χ1n) is 7.57. The molecule has 110 valence electrons. The molecule has 2 rings (SSSR count). The normalized spacial score (nSPS) is 16.6. The quantitative estimate of drug-likeness (QED) is 0.835. The third-order valence-corrected chi connectivity index (χ3v) is 4.22. The molecule has 1 N–H and O–H groups in total. The maximum absolute atomic E-state index is 11.4. The van der Waals surface area contributed by atoms with Crippen molar-refractivity contribution in [1.29, 1.82) is 0 Å². The molecule has 1 aliphatic rings. The van der Waals surface area contributed by atoms with Crippen molar-refractivity contribution in [1.82, 2.24) is 4.90 Å². The fourth-order valence-corrected chi connectivity index (χ4v) is 3.10. The van der Waals surface area contributed by atoms with Crippen molar-refractivity contribution in [2.75, 3.05) is 13.6 Å². The van der Waals surface area contributed by atoms with Crippen LogP contribution in [0.4, 0.5) is 0 Å². The number of phenolic OH excluding ortho intramolecular Hbond substituents is 1. The standard InChI is InChI=1S/C17H25NO2/c1-13(19)15-8-9-17(20)16(10-15)12-18(2)11-14-6-4-3-5-7-14/h8-10,14,20H,3-7,11-12H2,1-2H3. The van der Waals surface area contributed by atoms with Gasteiger partial charge in [0.2, 0.25) is 0 Å². The van der Waals surface area contributed by atoms with Crippen LogP contribution in [0.5, 0.6) is 5.75 Å². The number of carbonyl (C=O) groups is 1. The lowest BCUT2D eigenvalue weighted by molar-refractivity contribution is 0.101. The highest BCUT2D eigenvalue weighted by Gasteiger charge is 2.16. The van der Waals surface area contributed by atoms with Gasteiger partial charge in [-0.05, 0) is 50.9 Å². The molecule has 3 nitrogen and oxygen atoms in total. The molecular formula is C17H25NO2. The first kappa shape index (κ1) is 15.0. The van der Waals surface area contributed by atoms with E-state index in [2.05, 4.69) is 11.9 Å². The van der Waals surface area contributed by atoms with Crippen LogP contribution in [0.3, 0.4) is 0 Å². The Morgan fingerprint density at radius 3 is 2.65 bits per heavy atom. The number of phenols is 1. The van der Waals surface area contributed by atoms with Gasteiger partial charge in [0.1, 0.15) is 5.75 Å². The Hall–Kier alpha value is -1.35. The molecule has 0 saturated heterocycles. The van der Waals surface area contributed by atoms with E-state index in [0.717, 1.165) is 18.0 Å². The Bertz CT molecular complexity index is 464. The summed E-state index contributed by atoms with van der Waals surface area (Å²) in [6.45, 7) is 3.33. The maximum Gasteiger partial charge on any atom is 0.159 e. The average molecular weight is 275 g/mol. The zero-order valence-corrected chi connectivity index (χ0v) is 12.6. The van der Waals surface area contributed by atoms with E-state index >= 15 is 0 Å². The molecular weight excluding hydrogens is 250 g/mol. The molecule has 1 aliphatic carbocycles. The largest absolute Gasteiger partial charge is 0.508 e. The molecule has 0 bridgehead atoms. The number of hydrogen-bond acceptors (Lipinski definition) is 3. The van der Waals surface area contributed by atoms with Crippen LogP contribution in [0, 0.1) is 5.92 Å². The molecule has 3 heteroatoms. The van der Waals surface area contributed by atoms with Gasteiger partial charge in [0.25, 0.3) is 0 Å². The number of aromatic hydroxyl groups is 1. The second kappa shape index (κ2) is 6.89. The summed E-state index contributed by atoms with van der Waals surface area (Å²) in [5, 5.41) is 9.93. The molecule has 0 aliphatic heterocycles. The second-order valence-electron chi connectivity index (χ2n) is 6.10. The zero-order valence-electron chi connectivity index (χ0n) is 12.6. The molecule has 0 amide bonds. The minimum atomic E-state index is 0.0428. The van der Waals surface area contributed by atoms with E-state index in [-0.39, 0.29) is 11.5 Å². The topological polar surface area (TPSA) is 40.5 Å². The number of carbonyl (C=O) groups excluding carboxylic acids is 1. The van der Waals surface area contributed by atoms with E-state index in [9.17, 15) is 9.90 Å². The Balaban J connectivity index is 1.97. The number of nitrogens with zero attached hydrogens (tertiary/aromatic N) is 1. The predicted molar refractivity (Wildman–Crippen MR) is 81.0 cm³/mol. The lowest BCUT2D eigenvalue weighted by Crippen LogP contribution is -2.26. The highest BCUT2D eigenvalue weighted by molar-refractivity contribution is 5.94. The fraction of sp³-hybridized carbons (Fsp3) is 0.588. The van der Waals surface area contributed by atoms with Crippen LogP contribution < -0.4 is 0 Å². The molecule has 0 unspecified atom stereocenters. The molecule has 1 aromatic rings. The summed E-state index contributed by atoms with van der Waals surface area (Å²) >= 11 is 0. The molecule has 20 heavy (non-hydrogen) atoms. The van der Waals surface area contributed by atoms with Crippen LogP contribution in [-0.2, 0) is 6.54 Å². The number of benzene rings is 1. The van der Waals surface area contributed by atoms with Gasteiger partial charge in [-0.3, -0.25) is 4.79 Å². The van der Waals surface area contributed by atoms with E-state index in [1.54, 1.807) is 19.1 Å². The van der Waals surface area contributed by atoms with Crippen LogP contribution in [-0.4, -0.2) is 29.4 Å². The van der Waals surface area contributed by atoms with Gasteiger partial charge in [0, 0.05) is 24.2 Å². The predicted octanol–water partition coefficient (Wildman–Crippen LogP) is 3.61. The third kappa shape index (κ3) is 4.07. The van der Waals surface area contributed by atoms with Crippen LogP contribution in [0.15, 0.2) is 18.2 Å². The van der Waals surface area contributed by atoms with Crippen LogP contribution in [0.1, 0.15) is 54.9 Å². The summed E-state index contributed by atoms with van der Waals surface area (Å²) in [5.41, 5.74) is 1.51. The van der Waals surface area contributed by atoms with E-state index in [4.69, 9.17) is 0 Å². The van der Waals surface area contributed by atoms with Crippen molar-refractivity contribution >= 4 is 5.78 Å². The summed E-state index contributed by atoms with van der Waals surface area (Å²) in [4.78, 5) is 13.7. The van der Waals surface area contributed by atoms with Crippen LogP contribution >= 0.6 is 0 Å². The highest BCUT2D eigenvalue weighted by Crippen LogP contribution is 2.26. The minimum Gasteiger partial charge on any atom is -0.508 e. The maximum atomic E-state index is 11.4. The number of hydrogen-bond donors (Lipinski definition) is 1. The highest BCUT2D eigenvalue weighted by atomic mass is 16.3. The zero-order chi connectivity index (χ0) is 14.5. The monoisotopic (exact) mass is 275 g/mol. The first-order chi connectivity index (χ1) is 9.56. The number of ketones is 1. The average Bonchev–Trinajstić information content (AvgIpc) is 2.42. The lowest BCUT2D eigenvalue weighted by Gasteiger charge is -2.27. The molecule has 0 spiro atoms. The van der Waals surface area contributed by atoms with Crippen molar-refractivity contribution in [2.45, 2.75) is 45.6 Å². The van der Waals surface area contributed by atoms with Crippen LogP contribution in [0.25, 0.3) is 0 Å². The first-order valence-corrected chi connectivity index (χ1v) is 7.57. The molecule has 0 atom stereocenters. The van der Waals surface area contributed by atoms with Gasteiger partial charge in [-0.15, -0.1) is 0 Å². The Kier molecular flexibility index (Phi) is 5.18. The molecule has 1 fully saturated rings. The lowest BCUT2D eigenvalue weighted by atomic mass is 9.89. The number of rotatable bonds is 5. The van der Waals surface area contributed by atoms with Gasteiger partial charge in [0.05, 0.1) is 0 Å². The smallest absolute Gasteiger partial charge is 0.159 e. The second-order valence-corrected chi connectivity index (χ2v) is 6.10. The van der Waals surface area contributed by atoms with Gasteiger partial charge in [-0.25, -0.2) is 0 Å². The minimum absolute atomic E-state index is 0.0428. The van der Waals surface area contributed by atoms with Crippen molar-refractivity contribution < 1.29 is 9.90 Å². The van der Waals surface area contributed by atoms with Gasteiger partial charge in [-0.2, -0.15) is 0 Å². The van der Waals surface area contributed by atoms with Crippen molar-refractivity contribution in [2.24, 2.45) is 5.92 Å². The fourth-order valence-electron chi connectivity index (χ4n) is 3.10. The summed E-state index contributed by atoms with van der Waals surface area (Å²) in [6, 6.07) is 5.12. The van der Waals surface area contributed by atoms with E-state index in [1.165, 1.54) is 32.1 Å². The Morgan fingerprint density at radius 1 is 1.30 bits per heavy atom. The summed E-state index contributed by atoms with van der Waals surface area (Å²) in [7, 11) is 2.09. The van der Waals surface area contributed by atoms with Crippen LogP contribution in [0.2, 0.25) is 0 Å². The molecule has 1 saturated carbocycles. The molecule has 1 aromatic carbocycles. The van der Waals surface area contributed by atoms with Crippen molar-refractivity contribution in [3.05, 3.63) is 29.3 Å². The Labute approximate surface area is 121 Å². The van der Waals surface area contributed by atoms with Gasteiger partial charge >= 0.3 is 0 Å². The Morgan fingerprint density at radius 2 is 2.00 bits per heavy atom. The molecule has 0 heterocycles. The van der Waals surface area contributed by atoms with Gasteiger partial charge in [-0.1, -0.05) is 19.3 Å². The van der Waals surface area contributed by atoms with E-state index in [0.29, 0.717) is 12.1 Å². The number of Topliss-reactive ketones (excluding diaryl/α,β-unsaturated/α-hetero) is 1. The third-order valence-electron chi connectivity index (χ3n) is 4.22.